The average Bonchev–Trinajstić information content (AvgIpc) is 2.62. The van der Waals surface area contributed by atoms with Gasteiger partial charge in [-0.15, -0.1) is 0 Å². The third-order valence-corrected chi connectivity index (χ3v) is 3.24. The SMILES string of the molecule is Cc1ccc(/C=N\NC(=O)c2ccc(NC(=O)/C=C/C(=O)[O-])cc2)cc1. The first-order valence-electron chi connectivity index (χ1n) is 7.64. The molecule has 0 aromatic heterocycles. The highest BCUT2D eigenvalue weighted by molar-refractivity contribution is 6.02. The summed E-state index contributed by atoms with van der Waals surface area (Å²) in [6.07, 6.45) is 3.01. The summed E-state index contributed by atoms with van der Waals surface area (Å²) in [5, 5.41) is 16.6. The predicted octanol–water partition coefficient (Wildman–Crippen LogP) is 1.00. The summed E-state index contributed by atoms with van der Waals surface area (Å²) in [6.45, 7) is 1.98. The van der Waals surface area contributed by atoms with Crippen molar-refractivity contribution in [2.75, 3.05) is 5.32 Å². The standard InChI is InChI=1S/C19H17N3O4/c1-13-2-4-14(5-3-13)12-20-22-19(26)15-6-8-16(9-7-15)21-17(23)10-11-18(24)25/h2-12H,1H3,(H,21,23)(H,22,26)(H,24,25)/p-1/b11-10+,20-12-. The topological polar surface area (TPSA) is 111 Å². The Morgan fingerprint density at radius 3 is 2.23 bits per heavy atom. The number of amides is 2. The lowest BCUT2D eigenvalue weighted by Crippen LogP contribution is -2.20. The van der Waals surface area contributed by atoms with Crippen LogP contribution in [0.15, 0.2) is 65.8 Å². The quantitative estimate of drug-likeness (QED) is 0.460. The molecule has 2 rings (SSSR count). The van der Waals surface area contributed by atoms with E-state index in [4.69, 9.17) is 0 Å². The van der Waals surface area contributed by atoms with E-state index in [-0.39, 0.29) is 0 Å². The second kappa shape index (κ2) is 8.93. The highest BCUT2D eigenvalue weighted by atomic mass is 16.4. The monoisotopic (exact) mass is 350 g/mol. The van der Waals surface area contributed by atoms with Crippen molar-refractivity contribution in [1.29, 1.82) is 0 Å². The van der Waals surface area contributed by atoms with Crippen LogP contribution >= 0.6 is 0 Å². The van der Waals surface area contributed by atoms with Crippen molar-refractivity contribution in [2.24, 2.45) is 5.10 Å². The van der Waals surface area contributed by atoms with Crippen LogP contribution in [0.3, 0.4) is 0 Å². The number of benzene rings is 2. The number of hydrazone groups is 1. The van der Waals surface area contributed by atoms with Gasteiger partial charge in [0, 0.05) is 17.3 Å². The summed E-state index contributed by atoms with van der Waals surface area (Å²) in [5.41, 5.74) is 5.18. The summed E-state index contributed by atoms with van der Waals surface area (Å²) in [6, 6.07) is 13.7. The van der Waals surface area contributed by atoms with Crippen LogP contribution in [-0.4, -0.2) is 24.0 Å². The number of carbonyl (C=O) groups excluding carboxylic acids is 3. The van der Waals surface area contributed by atoms with Gasteiger partial charge in [0.25, 0.3) is 5.91 Å². The number of carbonyl (C=O) groups is 3. The van der Waals surface area contributed by atoms with Gasteiger partial charge in [-0.3, -0.25) is 9.59 Å². The zero-order chi connectivity index (χ0) is 18.9. The second-order valence-corrected chi connectivity index (χ2v) is 5.33. The first kappa shape index (κ1) is 18.6. The minimum absolute atomic E-state index is 0.356. The maximum absolute atomic E-state index is 12.0. The molecule has 0 heterocycles. The molecule has 0 aliphatic heterocycles. The molecule has 0 bridgehead atoms. The summed E-state index contributed by atoms with van der Waals surface area (Å²) < 4.78 is 0. The minimum Gasteiger partial charge on any atom is -0.545 e. The first-order chi connectivity index (χ1) is 12.4. The van der Waals surface area contributed by atoms with Crippen molar-refractivity contribution in [3.8, 4) is 0 Å². The fraction of sp³-hybridized carbons (Fsp3) is 0.0526. The predicted molar refractivity (Wildman–Crippen MR) is 95.5 cm³/mol. The lowest BCUT2D eigenvalue weighted by Gasteiger charge is -2.04. The Labute approximate surface area is 150 Å². The number of anilines is 1. The smallest absolute Gasteiger partial charge is 0.271 e. The number of nitrogens with zero attached hydrogens (tertiary/aromatic N) is 1. The number of hydrogen-bond acceptors (Lipinski definition) is 5. The van der Waals surface area contributed by atoms with E-state index in [2.05, 4.69) is 15.8 Å². The van der Waals surface area contributed by atoms with Crippen LogP contribution in [-0.2, 0) is 9.59 Å². The molecule has 2 aromatic carbocycles. The van der Waals surface area contributed by atoms with Gasteiger partial charge in [-0.05, 0) is 42.8 Å². The molecular formula is C19H16N3O4-. The van der Waals surface area contributed by atoms with Crippen LogP contribution in [0.2, 0.25) is 0 Å². The zero-order valence-electron chi connectivity index (χ0n) is 13.9. The van der Waals surface area contributed by atoms with Crippen LogP contribution in [0, 0.1) is 6.92 Å². The van der Waals surface area contributed by atoms with Crippen molar-refractivity contribution in [2.45, 2.75) is 6.92 Å². The van der Waals surface area contributed by atoms with Crippen molar-refractivity contribution in [1.82, 2.24) is 5.43 Å². The van der Waals surface area contributed by atoms with Gasteiger partial charge in [-0.1, -0.05) is 29.8 Å². The molecule has 0 atom stereocenters. The van der Waals surface area contributed by atoms with Gasteiger partial charge in [0.05, 0.1) is 12.2 Å². The molecule has 7 heteroatoms. The van der Waals surface area contributed by atoms with E-state index in [1.165, 1.54) is 30.5 Å². The Hall–Kier alpha value is -3.74. The number of nitrogens with one attached hydrogen (secondary N) is 2. The van der Waals surface area contributed by atoms with Gasteiger partial charge in [-0.2, -0.15) is 5.10 Å². The molecular weight excluding hydrogens is 334 g/mol. The van der Waals surface area contributed by atoms with Gasteiger partial charge in [-0.25, -0.2) is 5.43 Å². The van der Waals surface area contributed by atoms with Gasteiger partial charge < -0.3 is 15.2 Å². The molecule has 132 valence electrons. The Bertz CT molecular complexity index is 853. The summed E-state index contributed by atoms with van der Waals surface area (Å²) >= 11 is 0. The lowest BCUT2D eigenvalue weighted by atomic mass is 10.2. The number of aliphatic carboxylic acids is 1. The molecule has 0 saturated heterocycles. The molecule has 0 fully saturated rings. The molecule has 0 radical (unpaired) electrons. The van der Waals surface area contributed by atoms with Gasteiger partial charge in [0.2, 0.25) is 5.91 Å². The van der Waals surface area contributed by atoms with Crippen LogP contribution in [0.5, 0.6) is 0 Å². The van der Waals surface area contributed by atoms with E-state index in [9.17, 15) is 19.5 Å². The fourth-order valence-electron chi connectivity index (χ4n) is 1.92. The average molecular weight is 350 g/mol. The highest BCUT2D eigenvalue weighted by Gasteiger charge is 2.04. The molecule has 0 aliphatic carbocycles. The van der Waals surface area contributed by atoms with E-state index in [0.717, 1.165) is 17.2 Å². The molecule has 0 aliphatic rings. The van der Waals surface area contributed by atoms with E-state index in [0.29, 0.717) is 17.3 Å². The second-order valence-electron chi connectivity index (χ2n) is 5.33. The van der Waals surface area contributed by atoms with Gasteiger partial charge in [0.15, 0.2) is 0 Å². The van der Waals surface area contributed by atoms with Gasteiger partial charge in [0.1, 0.15) is 0 Å². The normalized spacial score (nSPS) is 10.8. The van der Waals surface area contributed by atoms with Crippen LogP contribution in [0.1, 0.15) is 21.5 Å². The number of carboxylic acid groups (broad SMARTS) is 1. The van der Waals surface area contributed by atoms with Gasteiger partial charge >= 0.3 is 0 Å². The fourth-order valence-corrected chi connectivity index (χ4v) is 1.92. The Morgan fingerprint density at radius 2 is 1.62 bits per heavy atom. The van der Waals surface area contributed by atoms with Crippen molar-refractivity contribution in [3.63, 3.8) is 0 Å². The zero-order valence-corrected chi connectivity index (χ0v) is 13.9. The highest BCUT2D eigenvalue weighted by Crippen LogP contribution is 2.09. The van der Waals surface area contributed by atoms with E-state index >= 15 is 0 Å². The molecule has 2 amide bonds. The van der Waals surface area contributed by atoms with E-state index in [1.807, 2.05) is 31.2 Å². The first-order valence-corrected chi connectivity index (χ1v) is 7.64. The Kier molecular flexibility index (Phi) is 6.39. The van der Waals surface area contributed by atoms with Crippen LogP contribution in [0.25, 0.3) is 0 Å². The van der Waals surface area contributed by atoms with Crippen molar-refractivity contribution < 1.29 is 19.5 Å². The maximum Gasteiger partial charge on any atom is 0.271 e. The Morgan fingerprint density at radius 1 is 0.962 bits per heavy atom. The molecule has 0 spiro atoms. The van der Waals surface area contributed by atoms with Crippen molar-refractivity contribution >= 4 is 29.7 Å². The molecule has 7 nitrogen and oxygen atoms in total. The number of carboxylic acids is 1. The third kappa shape index (κ3) is 6.04. The maximum atomic E-state index is 12.0. The van der Waals surface area contributed by atoms with Crippen LogP contribution < -0.4 is 15.8 Å². The third-order valence-electron chi connectivity index (χ3n) is 3.24. The molecule has 2 aromatic rings. The summed E-state index contributed by atoms with van der Waals surface area (Å²) in [4.78, 5) is 33.7. The summed E-state index contributed by atoms with van der Waals surface area (Å²) in [5.74, 6) is -2.48. The number of hydrogen-bond donors (Lipinski definition) is 2. The lowest BCUT2D eigenvalue weighted by molar-refractivity contribution is -0.297. The molecule has 26 heavy (non-hydrogen) atoms. The summed E-state index contributed by atoms with van der Waals surface area (Å²) in [7, 11) is 0. The van der Waals surface area contributed by atoms with E-state index < -0.39 is 17.8 Å². The number of aryl methyl sites for hydroxylation is 1. The Balaban J connectivity index is 1.90. The molecule has 0 saturated carbocycles. The number of rotatable bonds is 6. The largest absolute Gasteiger partial charge is 0.545 e. The van der Waals surface area contributed by atoms with Crippen LogP contribution in [0.4, 0.5) is 5.69 Å². The molecule has 2 N–H and O–H groups in total. The van der Waals surface area contributed by atoms with Crippen molar-refractivity contribution in [3.05, 3.63) is 77.4 Å². The van der Waals surface area contributed by atoms with E-state index in [1.54, 1.807) is 0 Å². The minimum atomic E-state index is -1.46. The molecule has 0 unspecified atom stereocenters.